The summed E-state index contributed by atoms with van der Waals surface area (Å²) in [6, 6.07) is 0. The van der Waals surface area contributed by atoms with Gasteiger partial charge in [-0.1, -0.05) is 0 Å². The molecule has 0 saturated heterocycles. The molecular weight excluding hydrogens is 296 g/mol. The number of rotatable bonds is 0. The molecule has 4 nitrogen and oxygen atoms in total. The van der Waals surface area contributed by atoms with Crippen molar-refractivity contribution < 1.29 is 140 Å². The van der Waals surface area contributed by atoms with Crippen molar-refractivity contribution in [2.75, 3.05) is 0 Å². The van der Waals surface area contributed by atoms with Crippen LogP contribution in [0.15, 0.2) is 0 Å². The Labute approximate surface area is 168 Å². The van der Waals surface area contributed by atoms with Crippen LogP contribution in [0.1, 0.15) is 20.8 Å². The summed E-state index contributed by atoms with van der Waals surface area (Å²) in [7, 11) is 0. The molecule has 0 aliphatic rings. The number of carbonyl (C=O) groups excluding carboxylic acids is 1. The number of carbonyl (C=O) groups is 1. The molecule has 0 rings (SSSR count). The maximum absolute atomic E-state index is 8.52. The first-order valence-corrected chi connectivity index (χ1v) is 2.34. The molecular formula is C5H10CsKO4. The quantitative estimate of drug-likeness (QED) is 0.451. The third-order valence-corrected chi connectivity index (χ3v) is 0. The Bertz CT molecular complexity index is 81.0. The monoisotopic (exact) mass is 306 g/mol. The fourth-order valence-electron chi connectivity index (χ4n) is 0. The maximum atomic E-state index is 8.52. The van der Waals surface area contributed by atoms with E-state index in [1.807, 2.05) is 0 Å². The van der Waals surface area contributed by atoms with Crippen LogP contribution in [0.5, 0.6) is 0 Å². The minimum Gasteiger partial charge on any atom is -0.652 e. The molecule has 0 saturated carbocycles. The first-order chi connectivity index (χ1) is 3.73. The summed E-state index contributed by atoms with van der Waals surface area (Å²) in [5, 5.41) is 25.2. The fraction of sp³-hybridized carbons (Fsp3) is 0.800. The minimum atomic E-state index is -2.33. The molecule has 0 atom stereocenters. The Balaban J connectivity index is -0.0000000383. The van der Waals surface area contributed by atoms with Crippen LogP contribution in [0.3, 0.4) is 0 Å². The van der Waals surface area contributed by atoms with Crippen molar-refractivity contribution in [1.82, 2.24) is 0 Å². The van der Waals surface area contributed by atoms with E-state index >= 15 is 0 Å². The molecule has 0 spiro atoms. The molecule has 1 N–H and O–H groups in total. The van der Waals surface area contributed by atoms with E-state index in [-0.39, 0.29) is 120 Å². The Morgan fingerprint density at radius 2 is 1.27 bits per heavy atom. The van der Waals surface area contributed by atoms with Gasteiger partial charge in [0, 0.05) is 0 Å². The molecule has 6 heteroatoms. The fourth-order valence-corrected chi connectivity index (χ4v) is 0. The molecule has 0 aliphatic heterocycles. The van der Waals surface area contributed by atoms with E-state index in [9.17, 15) is 0 Å². The van der Waals surface area contributed by atoms with Crippen molar-refractivity contribution in [3.63, 3.8) is 0 Å². The van der Waals surface area contributed by atoms with Crippen LogP contribution in [0, 0.1) is 0 Å². The standard InChI is InChI=1S/C4H10O.CH2O3.Cs.K/c1-4(2,3)5;2-1(3)4;;/h5H,1-3H3;(H2,2,3,4);;/q;;2*+1/p-2. The molecule has 0 heterocycles. The van der Waals surface area contributed by atoms with Crippen LogP contribution in [0.4, 0.5) is 4.79 Å². The molecule has 0 amide bonds. The Morgan fingerprint density at radius 1 is 1.27 bits per heavy atom. The van der Waals surface area contributed by atoms with Crippen molar-refractivity contribution in [3.05, 3.63) is 0 Å². The summed E-state index contributed by atoms with van der Waals surface area (Å²) >= 11 is 0. The second-order valence-corrected chi connectivity index (χ2v) is 2.42. The van der Waals surface area contributed by atoms with E-state index < -0.39 is 11.8 Å². The molecule has 0 aliphatic carbocycles. The van der Waals surface area contributed by atoms with E-state index in [0.29, 0.717) is 0 Å². The van der Waals surface area contributed by atoms with Crippen LogP contribution in [-0.4, -0.2) is 16.9 Å². The number of hydrogen-bond acceptors (Lipinski definition) is 4. The van der Waals surface area contributed by atoms with Gasteiger partial charge in [-0.25, -0.2) is 0 Å². The average Bonchev–Trinajstić information content (AvgIpc) is 1.19. The third kappa shape index (κ3) is 181. The smallest absolute Gasteiger partial charge is 0.652 e. The van der Waals surface area contributed by atoms with Gasteiger partial charge in [0.2, 0.25) is 0 Å². The predicted molar refractivity (Wildman–Crippen MR) is 27.4 cm³/mol. The normalized spacial score (nSPS) is 7.64. The molecule has 0 radical (unpaired) electrons. The summed E-state index contributed by atoms with van der Waals surface area (Å²) in [6.45, 7) is 5.23. The van der Waals surface area contributed by atoms with Gasteiger partial charge >= 0.3 is 120 Å². The summed E-state index contributed by atoms with van der Waals surface area (Å²) < 4.78 is 0. The van der Waals surface area contributed by atoms with E-state index in [1.165, 1.54) is 0 Å². The number of carboxylic acid groups (broad SMARTS) is 2. The topological polar surface area (TPSA) is 83.4 Å². The molecule has 0 unspecified atom stereocenters. The summed E-state index contributed by atoms with van der Waals surface area (Å²) in [6.07, 6.45) is -2.33. The molecule has 0 bridgehead atoms. The van der Waals surface area contributed by atoms with Gasteiger partial charge in [0.05, 0.1) is 5.60 Å². The van der Waals surface area contributed by atoms with E-state index in [2.05, 4.69) is 0 Å². The van der Waals surface area contributed by atoms with Gasteiger partial charge in [-0.05, 0) is 26.9 Å². The van der Waals surface area contributed by atoms with Crippen LogP contribution >= 0.6 is 0 Å². The Kier molecular flexibility index (Phi) is 27.7. The summed E-state index contributed by atoms with van der Waals surface area (Å²) in [4.78, 5) is 8.33. The van der Waals surface area contributed by atoms with Crippen molar-refractivity contribution in [1.29, 1.82) is 0 Å². The zero-order valence-corrected chi connectivity index (χ0v) is 17.1. The van der Waals surface area contributed by atoms with Gasteiger partial charge in [0.1, 0.15) is 0 Å². The number of aliphatic hydroxyl groups is 1. The first kappa shape index (κ1) is 23.6. The second-order valence-electron chi connectivity index (χ2n) is 2.42. The molecule has 11 heavy (non-hydrogen) atoms. The number of hydrogen-bond donors (Lipinski definition) is 1. The zero-order chi connectivity index (χ0) is 8.08. The third-order valence-electron chi connectivity index (χ3n) is 0. The second kappa shape index (κ2) is 12.9. The van der Waals surface area contributed by atoms with Crippen LogP contribution in [-0.2, 0) is 0 Å². The molecule has 0 fully saturated rings. The predicted octanol–water partition coefficient (Wildman–Crippen LogP) is -7.66. The Morgan fingerprint density at radius 3 is 1.27 bits per heavy atom. The van der Waals surface area contributed by atoms with Crippen molar-refractivity contribution >= 4 is 6.16 Å². The minimum absolute atomic E-state index is 0. The maximum Gasteiger partial charge on any atom is 1.00 e. The van der Waals surface area contributed by atoms with Crippen LogP contribution in [0.25, 0.3) is 0 Å². The SMILES string of the molecule is CC(C)(C)O.O=C([O-])[O-].[Cs+].[K+]. The van der Waals surface area contributed by atoms with Crippen molar-refractivity contribution in [2.24, 2.45) is 0 Å². The summed E-state index contributed by atoms with van der Waals surface area (Å²) in [5.41, 5.74) is -0.500. The van der Waals surface area contributed by atoms with Crippen molar-refractivity contribution in [3.8, 4) is 0 Å². The summed E-state index contributed by atoms with van der Waals surface area (Å²) in [5.74, 6) is 0. The van der Waals surface area contributed by atoms with Crippen LogP contribution < -0.4 is 130 Å². The molecule has 0 aromatic carbocycles. The average molecular weight is 306 g/mol. The molecule has 56 valence electrons. The van der Waals surface area contributed by atoms with Gasteiger partial charge in [-0.3, -0.25) is 0 Å². The van der Waals surface area contributed by atoms with Gasteiger partial charge in [0.15, 0.2) is 0 Å². The molecule has 0 aromatic heterocycles. The van der Waals surface area contributed by atoms with Gasteiger partial charge < -0.3 is 20.1 Å². The van der Waals surface area contributed by atoms with Gasteiger partial charge in [0.25, 0.3) is 0 Å². The van der Waals surface area contributed by atoms with Gasteiger partial charge in [-0.2, -0.15) is 0 Å². The van der Waals surface area contributed by atoms with E-state index in [4.69, 9.17) is 20.1 Å². The van der Waals surface area contributed by atoms with Gasteiger partial charge in [-0.15, -0.1) is 0 Å². The largest absolute Gasteiger partial charge is 1.00 e. The molecule has 0 aromatic rings. The first-order valence-electron chi connectivity index (χ1n) is 2.34. The Hall–Kier alpha value is 2.92. The zero-order valence-electron chi connectivity index (χ0n) is 7.67. The van der Waals surface area contributed by atoms with E-state index in [1.54, 1.807) is 20.8 Å². The van der Waals surface area contributed by atoms with Crippen molar-refractivity contribution in [2.45, 2.75) is 26.4 Å². The van der Waals surface area contributed by atoms with E-state index in [0.717, 1.165) is 0 Å². The van der Waals surface area contributed by atoms with Crippen LogP contribution in [0.2, 0.25) is 0 Å².